The van der Waals surface area contributed by atoms with Gasteiger partial charge in [-0.3, -0.25) is 4.79 Å². The lowest BCUT2D eigenvalue weighted by Gasteiger charge is -2.47. The molecule has 0 aliphatic heterocycles. The van der Waals surface area contributed by atoms with Gasteiger partial charge in [-0.1, -0.05) is 52.4 Å². The lowest BCUT2D eigenvalue weighted by Crippen LogP contribution is -2.45. The Morgan fingerprint density at radius 3 is 1.71 bits per heavy atom. The molecule has 0 aromatic carbocycles. The lowest BCUT2D eigenvalue weighted by atomic mass is 9.56. The molecule has 4 saturated carbocycles. The predicted octanol–water partition coefficient (Wildman–Crippen LogP) is 6.40. The van der Waals surface area contributed by atoms with Crippen LogP contribution in [0.15, 0.2) is 0 Å². The van der Waals surface area contributed by atoms with Crippen molar-refractivity contribution in [1.82, 2.24) is 0 Å². The Balaban J connectivity index is 1.63. The maximum absolute atomic E-state index is 13.8. The van der Waals surface area contributed by atoms with Crippen LogP contribution in [-0.2, 0) is 4.79 Å². The molecule has 2 unspecified atom stereocenters. The van der Waals surface area contributed by atoms with Crippen molar-refractivity contribution in [2.24, 2.45) is 40.9 Å². The second-order valence-corrected chi connectivity index (χ2v) is 10.2. The molecule has 0 heterocycles. The van der Waals surface area contributed by atoms with E-state index in [2.05, 4.69) is 13.8 Å². The molecule has 4 fully saturated rings. The Kier molecular flexibility index (Phi) is 4.82. The molecule has 0 spiro atoms. The van der Waals surface area contributed by atoms with Crippen molar-refractivity contribution in [3.8, 4) is 0 Å². The Morgan fingerprint density at radius 2 is 1.21 bits per heavy atom. The summed E-state index contributed by atoms with van der Waals surface area (Å²) >= 11 is 0. The minimum absolute atomic E-state index is 0.111. The van der Waals surface area contributed by atoms with E-state index in [0.29, 0.717) is 5.92 Å². The molecule has 4 rings (SSSR count). The first kappa shape index (κ1) is 17.1. The number of fused-ring (bicyclic) bond motifs is 1. The van der Waals surface area contributed by atoms with Gasteiger partial charge in [0, 0.05) is 11.3 Å². The molecular weight excluding hydrogens is 292 g/mol. The fourth-order valence-electron chi connectivity index (χ4n) is 7.30. The summed E-state index contributed by atoms with van der Waals surface area (Å²) in [5, 5.41) is 0. The number of ketones is 1. The van der Waals surface area contributed by atoms with Gasteiger partial charge >= 0.3 is 0 Å². The van der Waals surface area contributed by atoms with E-state index in [1.165, 1.54) is 83.5 Å². The van der Waals surface area contributed by atoms with E-state index in [1.54, 1.807) is 0 Å². The van der Waals surface area contributed by atoms with Crippen molar-refractivity contribution in [3.05, 3.63) is 0 Å². The highest BCUT2D eigenvalue weighted by Gasteiger charge is 2.59. The van der Waals surface area contributed by atoms with E-state index in [9.17, 15) is 4.79 Å². The smallest absolute Gasteiger partial charge is 0.142 e. The van der Waals surface area contributed by atoms with Gasteiger partial charge < -0.3 is 0 Å². The normalized spacial score (nSPS) is 49.8. The summed E-state index contributed by atoms with van der Waals surface area (Å²) in [5.74, 6) is 5.22. The molecule has 4 aliphatic carbocycles. The first-order valence-corrected chi connectivity index (χ1v) is 11.2. The molecule has 0 bridgehead atoms. The molecule has 1 heteroatoms. The third-order valence-corrected chi connectivity index (χ3v) is 8.79. The van der Waals surface area contributed by atoms with E-state index in [0.717, 1.165) is 35.4 Å². The molecule has 1 nitrogen and oxygen atoms in total. The van der Waals surface area contributed by atoms with Gasteiger partial charge in [0.2, 0.25) is 0 Å². The van der Waals surface area contributed by atoms with Crippen LogP contribution in [0.5, 0.6) is 0 Å². The SMILES string of the molecule is CC1CCC(C2(C3CCC(C)CC3)CC3CCCCC3C2=O)CC1. The molecule has 0 amide bonds. The zero-order valence-corrected chi connectivity index (χ0v) is 16.1. The number of hydrogen-bond donors (Lipinski definition) is 0. The lowest BCUT2D eigenvalue weighted by molar-refractivity contribution is -0.138. The molecule has 136 valence electrons. The summed E-state index contributed by atoms with van der Waals surface area (Å²) in [7, 11) is 0. The van der Waals surface area contributed by atoms with Gasteiger partial charge in [-0.05, 0) is 74.5 Å². The molecule has 0 aromatic rings. The number of hydrogen-bond acceptors (Lipinski definition) is 1. The summed E-state index contributed by atoms with van der Waals surface area (Å²) in [6, 6.07) is 0. The standard InChI is InChI=1S/C23H38O/c1-16-7-11-19(12-8-16)23(20-13-9-17(2)10-14-20)15-18-5-3-4-6-21(18)22(23)24/h16-21H,3-15H2,1-2H3. The van der Waals surface area contributed by atoms with E-state index in [4.69, 9.17) is 0 Å². The first-order chi connectivity index (χ1) is 11.6. The third kappa shape index (κ3) is 2.78. The third-order valence-electron chi connectivity index (χ3n) is 8.79. The molecular formula is C23H38O. The topological polar surface area (TPSA) is 17.1 Å². The minimum Gasteiger partial charge on any atom is -0.299 e. The average Bonchev–Trinajstić information content (AvgIpc) is 2.90. The fraction of sp³-hybridized carbons (Fsp3) is 0.957. The highest BCUT2D eigenvalue weighted by atomic mass is 16.1. The molecule has 0 aromatic heterocycles. The van der Waals surface area contributed by atoms with E-state index < -0.39 is 0 Å². The van der Waals surface area contributed by atoms with Crippen LogP contribution in [0.4, 0.5) is 0 Å². The largest absolute Gasteiger partial charge is 0.299 e. The first-order valence-electron chi connectivity index (χ1n) is 11.2. The van der Waals surface area contributed by atoms with Crippen LogP contribution in [0.1, 0.15) is 97.3 Å². The van der Waals surface area contributed by atoms with Crippen LogP contribution >= 0.6 is 0 Å². The van der Waals surface area contributed by atoms with Crippen LogP contribution < -0.4 is 0 Å². The van der Waals surface area contributed by atoms with Crippen LogP contribution in [0.25, 0.3) is 0 Å². The Bertz CT molecular complexity index is 429. The van der Waals surface area contributed by atoms with E-state index in [-0.39, 0.29) is 5.41 Å². The van der Waals surface area contributed by atoms with Crippen molar-refractivity contribution >= 4 is 5.78 Å². The van der Waals surface area contributed by atoms with Crippen LogP contribution in [0.3, 0.4) is 0 Å². The van der Waals surface area contributed by atoms with Gasteiger partial charge in [0.25, 0.3) is 0 Å². The number of carbonyl (C=O) groups excluding carboxylic acids is 1. The van der Waals surface area contributed by atoms with Gasteiger partial charge in [0.1, 0.15) is 5.78 Å². The number of carbonyl (C=O) groups is 1. The zero-order valence-electron chi connectivity index (χ0n) is 16.1. The maximum atomic E-state index is 13.8. The van der Waals surface area contributed by atoms with Gasteiger partial charge in [-0.25, -0.2) is 0 Å². The second kappa shape index (κ2) is 6.76. The Hall–Kier alpha value is -0.330. The molecule has 0 saturated heterocycles. The van der Waals surface area contributed by atoms with Crippen molar-refractivity contribution < 1.29 is 4.79 Å². The van der Waals surface area contributed by atoms with Crippen LogP contribution in [-0.4, -0.2) is 5.78 Å². The summed E-state index contributed by atoms with van der Waals surface area (Å²) < 4.78 is 0. The number of Topliss-reactive ketones (excluding diaryl/α,β-unsaturated/α-hetero) is 1. The van der Waals surface area contributed by atoms with Crippen LogP contribution in [0.2, 0.25) is 0 Å². The number of rotatable bonds is 2. The van der Waals surface area contributed by atoms with Gasteiger partial charge in [-0.15, -0.1) is 0 Å². The molecule has 0 N–H and O–H groups in total. The monoisotopic (exact) mass is 330 g/mol. The Labute approximate surface area is 149 Å². The highest BCUT2D eigenvalue weighted by Crippen LogP contribution is 2.61. The van der Waals surface area contributed by atoms with Gasteiger partial charge in [0.15, 0.2) is 0 Å². The highest BCUT2D eigenvalue weighted by molar-refractivity contribution is 5.90. The quantitative estimate of drug-likeness (QED) is 0.572. The van der Waals surface area contributed by atoms with Crippen molar-refractivity contribution in [2.75, 3.05) is 0 Å². The second-order valence-electron chi connectivity index (χ2n) is 10.2. The predicted molar refractivity (Wildman–Crippen MR) is 99.7 cm³/mol. The van der Waals surface area contributed by atoms with Crippen LogP contribution in [0, 0.1) is 40.9 Å². The Morgan fingerprint density at radius 1 is 0.708 bits per heavy atom. The summed E-state index contributed by atoms with van der Waals surface area (Å²) in [4.78, 5) is 13.8. The molecule has 24 heavy (non-hydrogen) atoms. The maximum Gasteiger partial charge on any atom is 0.142 e. The fourth-order valence-corrected chi connectivity index (χ4v) is 7.30. The van der Waals surface area contributed by atoms with Crippen molar-refractivity contribution in [1.29, 1.82) is 0 Å². The van der Waals surface area contributed by atoms with Crippen molar-refractivity contribution in [2.45, 2.75) is 97.3 Å². The van der Waals surface area contributed by atoms with Crippen molar-refractivity contribution in [3.63, 3.8) is 0 Å². The van der Waals surface area contributed by atoms with Gasteiger partial charge in [-0.2, -0.15) is 0 Å². The average molecular weight is 331 g/mol. The summed E-state index contributed by atoms with van der Waals surface area (Å²) in [5.41, 5.74) is 0.111. The summed E-state index contributed by atoms with van der Waals surface area (Å²) in [6.45, 7) is 4.84. The molecule has 4 aliphatic rings. The van der Waals surface area contributed by atoms with E-state index >= 15 is 0 Å². The van der Waals surface area contributed by atoms with Gasteiger partial charge in [0.05, 0.1) is 0 Å². The minimum atomic E-state index is 0.111. The molecule has 0 radical (unpaired) electrons. The zero-order chi connectivity index (χ0) is 16.7. The molecule has 2 atom stereocenters. The van der Waals surface area contributed by atoms with E-state index in [1.807, 2.05) is 0 Å². The summed E-state index contributed by atoms with van der Waals surface area (Å²) in [6.07, 6.45) is 17.4.